The third-order valence-corrected chi connectivity index (χ3v) is 4.31. The minimum absolute atomic E-state index is 0.0597. The Hall–Kier alpha value is -1.44. The van der Waals surface area contributed by atoms with Gasteiger partial charge in [-0.3, -0.25) is 0 Å². The Bertz CT molecular complexity index is 666. The van der Waals surface area contributed by atoms with Gasteiger partial charge in [0.1, 0.15) is 11.3 Å². The molecule has 0 aliphatic heterocycles. The average molecular weight is 287 g/mol. The second kappa shape index (κ2) is 5.75. The highest BCUT2D eigenvalue weighted by Crippen LogP contribution is 2.31. The van der Waals surface area contributed by atoms with Crippen molar-refractivity contribution < 1.29 is 4.39 Å². The fourth-order valence-electron chi connectivity index (χ4n) is 2.72. The van der Waals surface area contributed by atoms with E-state index in [1.807, 2.05) is 6.92 Å². The summed E-state index contributed by atoms with van der Waals surface area (Å²) in [7, 11) is 0. The molecule has 114 valence electrons. The molecule has 1 aromatic carbocycles. The number of hydrogen-bond acceptors (Lipinski definition) is 1. The van der Waals surface area contributed by atoms with Gasteiger partial charge in [-0.15, -0.1) is 0 Å². The van der Waals surface area contributed by atoms with Crippen molar-refractivity contribution in [3.05, 3.63) is 40.3 Å². The van der Waals surface area contributed by atoms with Gasteiger partial charge in [-0.1, -0.05) is 34.1 Å². The summed E-state index contributed by atoms with van der Waals surface area (Å²) in [5.41, 5.74) is 4.92. The van der Waals surface area contributed by atoms with Crippen molar-refractivity contribution in [2.75, 3.05) is 0 Å². The van der Waals surface area contributed by atoms with Crippen LogP contribution in [0.15, 0.2) is 12.1 Å². The van der Waals surface area contributed by atoms with Crippen LogP contribution in [-0.4, -0.2) is 4.98 Å². The first-order valence-corrected chi connectivity index (χ1v) is 7.85. The maximum Gasteiger partial charge on any atom is 0.149 e. The van der Waals surface area contributed by atoms with Crippen molar-refractivity contribution in [2.24, 2.45) is 0 Å². The standard InChI is InChI=1S/C19H26FN/c1-7-8-9-15-12(2)13(3)21-18-16(15)10-14(11-17(18)20)19(4,5)6/h10-11H,7-9H2,1-6H3. The van der Waals surface area contributed by atoms with Gasteiger partial charge in [-0.2, -0.15) is 0 Å². The zero-order chi connectivity index (χ0) is 15.8. The molecule has 0 aliphatic carbocycles. The van der Waals surface area contributed by atoms with Gasteiger partial charge in [0.2, 0.25) is 0 Å². The van der Waals surface area contributed by atoms with Crippen molar-refractivity contribution in [1.82, 2.24) is 4.98 Å². The Morgan fingerprint density at radius 1 is 1.14 bits per heavy atom. The fourth-order valence-corrected chi connectivity index (χ4v) is 2.72. The second-order valence-electron chi connectivity index (χ2n) is 7.01. The molecule has 0 N–H and O–H groups in total. The highest BCUT2D eigenvalue weighted by atomic mass is 19.1. The van der Waals surface area contributed by atoms with Crippen LogP contribution < -0.4 is 0 Å². The predicted octanol–water partition coefficient (Wildman–Crippen LogP) is 5.63. The Morgan fingerprint density at radius 3 is 2.38 bits per heavy atom. The topological polar surface area (TPSA) is 12.9 Å². The molecule has 0 atom stereocenters. The van der Waals surface area contributed by atoms with Crippen LogP contribution in [0.3, 0.4) is 0 Å². The van der Waals surface area contributed by atoms with Gasteiger partial charge < -0.3 is 0 Å². The van der Waals surface area contributed by atoms with E-state index in [2.05, 4.69) is 45.7 Å². The number of aromatic nitrogens is 1. The number of unbranched alkanes of at least 4 members (excludes halogenated alkanes) is 1. The van der Waals surface area contributed by atoms with Crippen molar-refractivity contribution in [3.63, 3.8) is 0 Å². The highest BCUT2D eigenvalue weighted by Gasteiger charge is 2.19. The van der Waals surface area contributed by atoms with E-state index in [4.69, 9.17) is 0 Å². The molecule has 1 nitrogen and oxygen atoms in total. The van der Waals surface area contributed by atoms with Crippen LogP contribution in [0, 0.1) is 19.7 Å². The molecule has 2 rings (SSSR count). The van der Waals surface area contributed by atoms with E-state index >= 15 is 0 Å². The molecule has 0 aliphatic rings. The van der Waals surface area contributed by atoms with E-state index in [0.29, 0.717) is 5.52 Å². The van der Waals surface area contributed by atoms with E-state index in [-0.39, 0.29) is 11.2 Å². The molecule has 2 aromatic rings. The maximum atomic E-state index is 14.5. The van der Waals surface area contributed by atoms with Crippen LogP contribution >= 0.6 is 0 Å². The Balaban J connectivity index is 2.78. The Kier molecular flexibility index (Phi) is 4.36. The minimum Gasteiger partial charge on any atom is -0.250 e. The number of fused-ring (bicyclic) bond motifs is 1. The van der Waals surface area contributed by atoms with Crippen LogP contribution in [0.5, 0.6) is 0 Å². The smallest absolute Gasteiger partial charge is 0.149 e. The Morgan fingerprint density at radius 2 is 1.81 bits per heavy atom. The van der Waals surface area contributed by atoms with E-state index in [1.54, 1.807) is 6.07 Å². The number of hydrogen-bond donors (Lipinski definition) is 0. The van der Waals surface area contributed by atoms with Gasteiger partial charge in [0.15, 0.2) is 0 Å². The molecule has 2 heteroatoms. The maximum absolute atomic E-state index is 14.5. The number of rotatable bonds is 3. The van der Waals surface area contributed by atoms with Crippen LogP contribution in [0.2, 0.25) is 0 Å². The number of benzene rings is 1. The average Bonchev–Trinajstić information content (AvgIpc) is 2.39. The molecule has 0 unspecified atom stereocenters. The number of pyridine rings is 1. The minimum atomic E-state index is -0.196. The normalized spacial score (nSPS) is 12.1. The summed E-state index contributed by atoms with van der Waals surface area (Å²) < 4.78 is 14.5. The molecule has 0 saturated carbocycles. The van der Waals surface area contributed by atoms with E-state index < -0.39 is 0 Å². The second-order valence-corrected chi connectivity index (χ2v) is 7.01. The lowest BCUT2D eigenvalue weighted by Gasteiger charge is -2.21. The molecule has 0 amide bonds. The van der Waals surface area contributed by atoms with Crippen LogP contribution in [0.4, 0.5) is 4.39 Å². The van der Waals surface area contributed by atoms with Gasteiger partial charge >= 0.3 is 0 Å². The molecule has 0 bridgehead atoms. The zero-order valence-electron chi connectivity index (χ0n) is 14.1. The lowest BCUT2D eigenvalue weighted by molar-refractivity contribution is 0.576. The van der Waals surface area contributed by atoms with Gasteiger partial charge in [-0.05, 0) is 60.9 Å². The quantitative estimate of drug-likeness (QED) is 0.712. The molecular formula is C19H26FN. The van der Waals surface area contributed by atoms with E-state index in [0.717, 1.165) is 35.9 Å². The summed E-state index contributed by atoms with van der Waals surface area (Å²) in [6, 6.07) is 3.79. The van der Waals surface area contributed by atoms with E-state index in [1.165, 1.54) is 11.1 Å². The first-order valence-electron chi connectivity index (χ1n) is 7.85. The SMILES string of the molecule is CCCCc1c(C)c(C)nc2c(F)cc(C(C)(C)C)cc12. The third-order valence-electron chi connectivity index (χ3n) is 4.31. The molecule has 0 saturated heterocycles. The first-order chi connectivity index (χ1) is 9.75. The highest BCUT2D eigenvalue weighted by molar-refractivity contribution is 5.85. The molecule has 0 radical (unpaired) electrons. The number of aryl methyl sites for hydroxylation is 2. The third kappa shape index (κ3) is 3.09. The van der Waals surface area contributed by atoms with Crippen LogP contribution in [0.1, 0.15) is 62.9 Å². The van der Waals surface area contributed by atoms with Gasteiger partial charge in [0.25, 0.3) is 0 Å². The monoisotopic (exact) mass is 287 g/mol. The molecule has 21 heavy (non-hydrogen) atoms. The number of nitrogens with zero attached hydrogens (tertiary/aromatic N) is 1. The summed E-state index contributed by atoms with van der Waals surface area (Å²) in [5, 5.41) is 0.997. The van der Waals surface area contributed by atoms with E-state index in [9.17, 15) is 4.39 Å². The largest absolute Gasteiger partial charge is 0.250 e. The van der Waals surface area contributed by atoms with Crippen molar-refractivity contribution >= 4 is 10.9 Å². The fraction of sp³-hybridized carbons (Fsp3) is 0.526. The summed E-state index contributed by atoms with van der Waals surface area (Å²) in [4.78, 5) is 4.49. The van der Waals surface area contributed by atoms with Crippen molar-refractivity contribution in [2.45, 2.75) is 66.2 Å². The van der Waals surface area contributed by atoms with Gasteiger partial charge in [-0.25, -0.2) is 9.37 Å². The summed E-state index contributed by atoms with van der Waals surface area (Å²) in [5.74, 6) is -0.196. The molecule has 1 heterocycles. The lowest BCUT2D eigenvalue weighted by atomic mass is 9.85. The molecular weight excluding hydrogens is 261 g/mol. The first kappa shape index (κ1) is 15.9. The summed E-state index contributed by atoms with van der Waals surface area (Å²) in [6.07, 6.45) is 3.26. The summed E-state index contributed by atoms with van der Waals surface area (Å²) in [6.45, 7) is 12.6. The van der Waals surface area contributed by atoms with Crippen LogP contribution in [-0.2, 0) is 11.8 Å². The zero-order valence-corrected chi connectivity index (χ0v) is 14.1. The van der Waals surface area contributed by atoms with Crippen LogP contribution in [0.25, 0.3) is 10.9 Å². The lowest BCUT2D eigenvalue weighted by Crippen LogP contribution is -2.12. The summed E-state index contributed by atoms with van der Waals surface area (Å²) >= 11 is 0. The molecule has 0 spiro atoms. The van der Waals surface area contributed by atoms with Gasteiger partial charge in [0, 0.05) is 11.1 Å². The van der Waals surface area contributed by atoms with Crippen molar-refractivity contribution in [3.8, 4) is 0 Å². The predicted molar refractivity (Wildman–Crippen MR) is 88.5 cm³/mol. The van der Waals surface area contributed by atoms with Gasteiger partial charge in [0.05, 0.1) is 0 Å². The number of halogens is 1. The Labute approximate surface area is 127 Å². The molecule has 1 aromatic heterocycles. The van der Waals surface area contributed by atoms with Crippen molar-refractivity contribution in [1.29, 1.82) is 0 Å². The molecule has 0 fully saturated rings.